The van der Waals surface area contributed by atoms with Crippen LogP contribution in [0.25, 0.3) is 22.2 Å². The maximum Gasteiger partial charge on any atom is 0.341 e. The van der Waals surface area contributed by atoms with Gasteiger partial charge in [0, 0.05) is 37.3 Å². The monoisotopic (exact) mass is 302 g/mol. The summed E-state index contributed by atoms with van der Waals surface area (Å²) in [6.45, 7) is 0. The van der Waals surface area contributed by atoms with E-state index in [9.17, 15) is 4.79 Å². The van der Waals surface area contributed by atoms with Crippen molar-refractivity contribution in [2.24, 2.45) is 7.02 Å². The Morgan fingerprint density at radius 2 is 2.24 bits per heavy atom. The number of fused-ring (bicyclic) bond motifs is 1. The average molecular weight is 303 g/mol. The first-order valence-corrected chi connectivity index (χ1v) is 6.52. The van der Waals surface area contributed by atoms with E-state index in [0.717, 1.165) is 10.9 Å². The van der Waals surface area contributed by atoms with Crippen LogP contribution >= 0.6 is 11.6 Å². The van der Waals surface area contributed by atoms with Gasteiger partial charge in [-0.15, -0.1) is 0 Å². The molecule has 3 aromatic rings. The van der Waals surface area contributed by atoms with Crippen molar-refractivity contribution in [2.75, 3.05) is 7.11 Å². The van der Waals surface area contributed by atoms with E-state index in [2.05, 4.69) is 9.97 Å². The van der Waals surface area contributed by atoms with Gasteiger partial charge in [0.15, 0.2) is 0 Å². The second-order valence-electron chi connectivity index (χ2n) is 4.42. The third-order valence-electron chi connectivity index (χ3n) is 3.21. The van der Waals surface area contributed by atoms with E-state index in [1.165, 1.54) is 13.3 Å². The van der Waals surface area contributed by atoms with Gasteiger partial charge in [-0.3, -0.25) is 0 Å². The van der Waals surface area contributed by atoms with Gasteiger partial charge in [-0.25, -0.2) is 14.8 Å². The molecule has 0 aliphatic heterocycles. The van der Waals surface area contributed by atoms with Gasteiger partial charge in [0.05, 0.1) is 12.8 Å². The standard InChI is InChI=1S/C15H12ClN3O2/c1-19-8-11(9-5-3-4-6-12(9)19)13-10(14(20)21-2)7-17-15(16)18-13/h3-8H,1-2H3/i1D. The number of esters is 1. The molecule has 5 nitrogen and oxygen atoms in total. The molecule has 0 aliphatic carbocycles. The number of aromatic nitrogens is 3. The predicted octanol–water partition coefficient (Wildman–Crippen LogP) is 3.08. The second-order valence-corrected chi connectivity index (χ2v) is 4.76. The Bertz CT molecular complexity index is 863. The smallest absolute Gasteiger partial charge is 0.341 e. The number of hydrogen-bond donors (Lipinski definition) is 0. The summed E-state index contributed by atoms with van der Waals surface area (Å²) in [5, 5.41) is 0.931. The quantitative estimate of drug-likeness (QED) is 0.539. The van der Waals surface area contributed by atoms with Gasteiger partial charge < -0.3 is 9.30 Å². The fourth-order valence-corrected chi connectivity index (χ4v) is 2.39. The van der Waals surface area contributed by atoms with Crippen LogP contribution in [0.1, 0.15) is 11.7 Å². The number of benzene rings is 1. The van der Waals surface area contributed by atoms with Crippen LogP contribution in [0.4, 0.5) is 0 Å². The lowest BCUT2D eigenvalue weighted by molar-refractivity contribution is 0.0601. The summed E-state index contributed by atoms with van der Waals surface area (Å²) in [5.74, 6) is -0.533. The molecule has 2 aromatic heterocycles. The third kappa shape index (κ3) is 2.25. The van der Waals surface area contributed by atoms with Crippen LogP contribution in [-0.4, -0.2) is 27.6 Å². The number of carbonyl (C=O) groups is 1. The van der Waals surface area contributed by atoms with E-state index in [1.807, 2.05) is 24.3 Å². The van der Waals surface area contributed by atoms with E-state index in [1.54, 1.807) is 10.8 Å². The Hall–Kier alpha value is -2.40. The van der Waals surface area contributed by atoms with Gasteiger partial charge in [-0.05, 0) is 17.7 Å². The first-order valence-electron chi connectivity index (χ1n) is 6.84. The number of para-hydroxylation sites is 1. The first kappa shape index (κ1) is 12.3. The van der Waals surface area contributed by atoms with Crippen molar-refractivity contribution < 1.29 is 10.9 Å². The summed E-state index contributed by atoms with van der Waals surface area (Å²) in [4.78, 5) is 20.0. The highest BCUT2D eigenvalue weighted by molar-refractivity contribution is 6.28. The molecule has 2 heterocycles. The van der Waals surface area contributed by atoms with Gasteiger partial charge in [0.1, 0.15) is 5.56 Å². The van der Waals surface area contributed by atoms with Crippen molar-refractivity contribution in [1.82, 2.24) is 14.5 Å². The molecular weight excluding hydrogens is 290 g/mol. The largest absolute Gasteiger partial charge is 0.465 e. The van der Waals surface area contributed by atoms with Crippen LogP contribution in [0.5, 0.6) is 0 Å². The van der Waals surface area contributed by atoms with Crippen molar-refractivity contribution >= 4 is 28.5 Å². The highest BCUT2D eigenvalue weighted by atomic mass is 35.5. The number of halogens is 1. The molecule has 0 aliphatic rings. The number of nitrogens with zero attached hydrogens (tertiary/aromatic N) is 3. The molecule has 106 valence electrons. The summed E-state index contributed by atoms with van der Waals surface area (Å²) in [7, 11) is 1.36. The zero-order chi connectivity index (χ0) is 15.7. The fourth-order valence-electron chi connectivity index (χ4n) is 2.26. The molecule has 0 N–H and O–H groups in total. The molecule has 0 amide bonds. The number of aryl methyl sites for hydroxylation is 1. The third-order valence-corrected chi connectivity index (χ3v) is 3.39. The lowest BCUT2D eigenvalue weighted by Crippen LogP contribution is -2.06. The Balaban J connectivity index is 2.32. The van der Waals surface area contributed by atoms with Crippen LogP contribution in [-0.2, 0) is 11.8 Å². The summed E-state index contributed by atoms with van der Waals surface area (Å²) < 4.78 is 14.2. The molecule has 3 rings (SSSR count). The first-order chi connectivity index (χ1) is 10.7. The molecule has 0 saturated heterocycles. The van der Waals surface area contributed by atoms with Crippen molar-refractivity contribution in [1.29, 1.82) is 0 Å². The second kappa shape index (κ2) is 5.18. The summed E-state index contributed by atoms with van der Waals surface area (Å²) in [5.41, 5.74) is 2.24. The number of hydrogen-bond acceptors (Lipinski definition) is 4. The van der Waals surface area contributed by atoms with Gasteiger partial charge in [-0.2, -0.15) is 0 Å². The molecule has 0 saturated carbocycles. The molecule has 0 radical (unpaired) electrons. The Kier molecular flexibility index (Phi) is 3.05. The molecule has 0 bridgehead atoms. The van der Waals surface area contributed by atoms with E-state index in [4.69, 9.17) is 17.7 Å². The minimum atomic E-state index is -0.533. The average Bonchev–Trinajstić information content (AvgIpc) is 2.93. The van der Waals surface area contributed by atoms with Crippen molar-refractivity contribution in [3.63, 3.8) is 0 Å². The Labute approximate surface area is 127 Å². The topological polar surface area (TPSA) is 57.0 Å². The molecule has 0 atom stereocenters. The Morgan fingerprint density at radius 1 is 1.43 bits per heavy atom. The molecule has 6 heteroatoms. The number of rotatable bonds is 2. The van der Waals surface area contributed by atoms with Crippen molar-refractivity contribution in [3.8, 4) is 11.3 Å². The summed E-state index contributed by atoms with van der Waals surface area (Å²) in [6.07, 6.45) is 3.13. The van der Waals surface area contributed by atoms with Gasteiger partial charge in [0.25, 0.3) is 0 Å². The number of methoxy groups -OCH3 is 1. The van der Waals surface area contributed by atoms with Crippen LogP contribution in [0.2, 0.25) is 5.28 Å². The van der Waals surface area contributed by atoms with Crippen molar-refractivity contribution in [2.45, 2.75) is 0 Å². The van der Waals surface area contributed by atoms with E-state index >= 15 is 0 Å². The zero-order valence-corrected chi connectivity index (χ0v) is 12.0. The summed E-state index contributed by atoms with van der Waals surface area (Å²) in [6, 6.07) is 7.61. The molecule has 0 unspecified atom stereocenters. The zero-order valence-electron chi connectivity index (χ0n) is 12.2. The molecular formula is C15H12ClN3O2. The number of ether oxygens (including phenoxy) is 1. The summed E-state index contributed by atoms with van der Waals surface area (Å²) >= 11 is 5.89. The van der Waals surface area contributed by atoms with E-state index in [-0.39, 0.29) is 17.9 Å². The van der Waals surface area contributed by atoms with Gasteiger partial charge in [0.2, 0.25) is 5.28 Å². The van der Waals surface area contributed by atoms with Crippen molar-refractivity contribution in [3.05, 3.63) is 47.5 Å². The van der Waals surface area contributed by atoms with E-state index in [0.29, 0.717) is 11.3 Å². The molecule has 21 heavy (non-hydrogen) atoms. The lowest BCUT2D eigenvalue weighted by atomic mass is 10.1. The number of carbonyl (C=O) groups excluding carboxylic acids is 1. The van der Waals surface area contributed by atoms with Gasteiger partial charge >= 0.3 is 5.97 Å². The minimum absolute atomic E-state index is 0.0466. The SMILES string of the molecule is [2H]Cn1cc(-c2nc(Cl)ncc2C(=O)OC)c2ccccc21. The normalized spacial score (nSPS) is 11.4. The Morgan fingerprint density at radius 3 is 3.00 bits per heavy atom. The van der Waals surface area contributed by atoms with E-state index < -0.39 is 5.97 Å². The van der Waals surface area contributed by atoms with Crippen LogP contribution in [0.3, 0.4) is 0 Å². The maximum atomic E-state index is 11.9. The predicted molar refractivity (Wildman–Crippen MR) is 80.3 cm³/mol. The van der Waals surface area contributed by atoms with Gasteiger partial charge in [-0.1, -0.05) is 18.2 Å². The van der Waals surface area contributed by atoms with Crippen LogP contribution < -0.4 is 0 Å². The highest BCUT2D eigenvalue weighted by Crippen LogP contribution is 2.31. The molecule has 0 spiro atoms. The maximum absolute atomic E-state index is 11.9. The lowest BCUT2D eigenvalue weighted by Gasteiger charge is -2.06. The molecule has 1 aromatic carbocycles. The van der Waals surface area contributed by atoms with Crippen LogP contribution in [0, 0.1) is 0 Å². The minimum Gasteiger partial charge on any atom is -0.465 e. The fraction of sp³-hybridized carbons (Fsp3) is 0.133. The molecule has 0 fully saturated rings. The highest BCUT2D eigenvalue weighted by Gasteiger charge is 2.19. The van der Waals surface area contributed by atoms with Crippen LogP contribution in [0.15, 0.2) is 36.7 Å².